The van der Waals surface area contributed by atoms with E-state index < -0.39 is 0 Å². The van der Waals surface area contributed by atoms with Crippen molar-refractivity contribution >= 4 is 10.8 Å². The maximum absolute atomic E-state index is 6.12. The van der Waals surface area contributed by atoms with Gasteiger partial charge in [-0.1, -0.05) is 42.5 Å². The van der Waals surface area contributed by atoms with Gasteiger partial charge in [0, 0.05) is 5.54 Å². The number of hydrogen-bond donors (Lipinski definition) is 1. The third-order valence-corrected chi connectivity index (χ3v) is 3.26. The molecule has 0 spiro atoms. The molecule has 1 saturated carbocycles. The minimum Gasteiger partial charge on any atom is -0.325 e. The molecule has 15 heavy (non-hydrogen) atoms. The standard InChI is InChI=1S/C14H15N/c15-14(7-8-14)10-11-5-6-12-3-1-2-4-13(12)9-11/h1-6,9H,7-8,10,15H2. The van der Waals surface area contributed by atoms with Crippen LogP contribution in [-0.4, -0.2) is 5.54 Å². The van der Waals surface area contributed by atoms with Gasteiger partial charge in [0.2, 0.25) is 0 Å². The highest BCUT2D eigenvalue weighted by atomic mass is 14.8. The van der Waals surface area contributed by atoms with Gasteiger partial charge in [0.05, 0.1) is 0 Å². The molecule has 0 heterocycles. The second kappa shape index (κ2) is 3.07. The van der Waals surface area contributed by atoms with Crippen molar-refractivity contribution in [2.75, 3.05) is 0 Å². The average molecular weight is 197 g/mol. The first kappa shape index (κ1) is 8.93. The van der Waals surface area contributed by atoms with Gasteiger partial charge >= 0.3 is 0 Å². The molecule has 2 N–H and O–H groups in total. The Hall–Kier alpha value is -1.34. The lowest BCUT2D eigenvalue weighted by Crippen LogP contribution is -2.24. The molecule has 1 nitrogen and oxygen atoms in total. The van der Waals surface area contributed by atoms with Crippen molar-refractivity contribution in [2.45, 2.75) is 24.8 Å². The topological polar surface area (TPSA) is 26.0 Å². The summed E-state index contributed by atoms with van der Waals surface area (Å²) >= 11 is 0. The quantitative estimate of drug-likeness (QED) is 0.787. The highest BCUT2D eigenvalue weighted by molar-refractivity contribution is 5.83. The van der Waals surface area contributed by atoms with E-state index >= 15 is 0 Å². The zero-order valence-electron chi connectivity index (χ0n) is 8.74. The van der Waals surface area contributed by atoms with Crippen molar-refractivity contribution in [2.24, 2.45) is 5.73 Å². The summed E-state index contributed by atoms with van der Waals surface area (Å²) in [5.74, 6) is 0. The summed E-state index contributed by atoms with van der Waals surface area (Å²) in [6.07, 6.45) is 3.39. The lowest BCUT2D eigenvalue weighted by molar-refractivity contribution is 0.673. The fraction of sp³-hybridized carbons (Fsp3) is 0.286. The van der Waals surface area contributed by atoms with E-state index in [-0.39, 0.29) is 5.54 Å². The van der Waals surface area contributed by atoms with Gasteiger partial charge in [0.25, 0.3) is 0 Å². The molecular weight excluding hydrogens is 182 g/mol. The second-order valence-electron chi connectivity index (χ2n) is 4.72. The molecule has 0 bridgehead atoms. The van der Waals surface area contributed by atoms with Gasteiger partial charge in [0.15, 0.2) is 0 Å². The predicted molar refractivity (Wildman–Crippen MR) is 63.8 cm³/mol. The van der Waals surface area contributed by atoms with Crippen molar-refractivity contribution in [3.05, 3.63) is 48.0 Å². The average Bonchev–Trinajstić information content (AvgIpc) is 2.96. The summed E-state index contributed by atoms with van der Waals surface area (Å²) in [6, 6.07) is 15.1. The van der Waals surface area contributed by atoms with E-state index in [2.05, 4.69) is 42.5 Å². The molecule has 1 fully saturated rings. The molecule has 0 atom stereocenters. The lowest BCUT2D eigenvalue weighted by atomic mass is 10.0. The largest absolute Gasteiger partial charge is 0.325 e. The van der Waals surface area contributed by atoms with Crippen LogP contribution in [0.1, 0.15) is 18.4 Å². The summed E-state index contributed by atoms with van der Waals surface area (Å²) in [7, 11) is 0. The molecular formula is C14H15N. The highest BCUT2D eigenvalue weighted by Crippen LogP contribution is 2.35. The first-order valence-corrected chi connectivity index (χ1v) is 5.52. The highest BCUT2D eigenvalue weighted by Gasteiger charge is 2.37. The number of rotatable bonds is 2. The Morgan fingerprint density at radius 1 is 1.00 bits per heavy atom. The number of hydrogen-bond acceptors (Lipinski definition) is 1. The van der Waals surface area contributed by atoms with Gasteiger partial charge < -0.3 is 5.73 Å². The minimum absolute atomic E-state index is 0.114. The van der Waals surface area contributed by atoms with Crippen LogP contribution < -0.4 is 5.73 Å². The third kappa shape index (κ3) is 1.75. The Kier molecular flexibility index (Phi) is 1.83. The van der Waals surface area contributed by atoms with Crippen LogP contribution in [0.4, 0.5) is 0 Å². The van der Waals surface area contributed by atoms with Gasteiger partial charge in [-0.25, -0.2) is 0 Å². The van der Waals surface area contributed by atoms with E-state index in [1.54, 1.807) is 0 Å². The Bertz CT molecular complexity index is 497. The zero-order valence-corrected chi connectivity index (χ0v) is 8.74. The third-order valence-electron chi connectivity index (χ3n) is 3.26. The van der Waals surface area contributed by atoms with Crippen LogP contribution in [0.2, 0.25) is 0 Å². The van der Waals surface area contributed by atoms with Crippen molar-refractivity contribution in [1.29, 1.82) is 0 Å². The Labute approximate surface area is 89.9 Å². The Morgan fingerprint density at radius 3 is 2.47 bits per heavy atom. The fourth-order valence-corrected chi connectivity index (χ4v) is 2.09. The van der Waals surface area contributed by atoms with Crippen molar-refractivity contribution in [1.82, 2.24) is 0 Å². The Balaban J connectivity index is 1.99. The van der Waals surface area contributed by atoms with E-state index in [1.807, 2.05) is 0 Å². The van der Waals surface area contributed by atoms with Gasteiger partial charge in [-0.15, -0.1) is 0 Å². The van der Waals surface area contributed by atoms with Crippen molar-refractivity contribution < 1.29 is 0 Å². The molecule has 1 aliphatic carbocycles. The van der Waals surface area contributed by atoms with Crippen LogP contribution in [-0.2, 0) is 6.42 Å². The molecule has 2 aromatic rings. The second-order valence-corrected chi connectivity index (χ2v) is 4.72. The van der Waals surface area contributed by atoms with Gasteiger partial charge in [-0.2, -0.15) is 0 Å². The molecule has 0 radical (unpaired) electrons. The molecule has 3 rings (SSSR count). The summed E-state index contributed by atoms with van der Waals surface area (Å²) < 4.78 is 0. The summed E-state index contributed by atoms with van der Waals surface area (Å²) in [5, 5.41) is 2.63. The molecule has 76 valence electrons. The van der Waals surface area contributed by atoms with Gasteiger partial charge in [-0.3, -0.25) is 0 Å². The van der Waals surface area contributed by atoms with Crippen LogP contribution in [0, 0.1) is 0 Å². The molecule has 0 aliphatic heterocycles. The maximum atomic E-state index is 6.12. The number of benzene rings is 2. The zero-order chi connectivity index (χ0) is 10.3. The van der Waals surface area contributed by atoms with E-state index in [0.717, 1.165) is 6.42 Å². The van der Waals surface area contributed by atoms with E-state index in [0.29, 0.717) is 0 Å². The lowest BCUT2D eigenvalue weighted by Gasteiger charge is -2.09. The SMILES string of the molecule is NC1(Cc2ccc3ccccc3c2)CC1. The first-order chi connectivity index (χ1) is 7.25. The van der Waals surface area contributed by atoms with E-state index in [9.17, 15) is 0 Å². The van der Waals surface area contributed by atoms with Crippen LogP contribution in [0.25, 0.3) is 10.8 Å². The van der Waals surface area contributed by atoms with Gasteiger partial charge in [0.1, 0.15) is 0 Å². The normalized spacial score (nSPS) is 17.9. The Morgan fingerprint density at radius 2 is 1.73 bits per heavy atom. The molecule has 1 heteroatoms. The van der Waals surface area contributed by atoms with Crippen molar-refractivity contribution in [3.8, 4) is 0 Å². The molecule has 1 aliphatic rings. The molecule has 2 aromatic carbocycles. The fourth-order valence-electron chi connectivity index (χ4n) is 2.09. The van der Waals surface area contributed by atoms with Gasteiger partial charge in [-0.05, 0) is 35.6 Å². The summed E-state index contributed by atoms with van der Waals surface area (Å²) in [4.78, 5) is 0. The molecule has 0 amide bonds. The first-order valence-electron chi connectivity index (χ1n) is 5.52. The van der Waals surface area contributed by atoms with E-state index in [4.69, 9.17) is 5.73 Å². The molecule has 0 saturated heterocycles. The summed E-state index contributed by atoms with van der Waals surface area (Å²) in [5.41, 5.74) is 7.61. The predicted octanol–water partition coefficient (Wildman–Crippen LogP) is 2.87. The van der Waals surface area contributed by atoms with Crippen LogP contribution >= 0.6 is 0 Å². The molecule has 0 unspecified atom stereocenters. The smallest absolute Gasteiger partial charge is 0.0196 e. The number of fused-ring (bicyclic) bond motifs is 1. The maximum Gasteiger partial charge on any atom is 0.0196 e. The monoisotopic (exact) mass is 197 g/mol. The van der Waals surface area contributed by atoms with Crippen LogP contribution in [0.3, 0.4) is 0 Å². The van der Waals surface area contributed by atoms with Crippen LogP contribution in [0.15, 0.2) is 42.5 Å². The van der Waals surface area contributed by atoms with E-state index in [1.165, 1.54) is 29.2 Å². The van der Waals surface area contributed by atoms with Crippen LogP contribution in [0.5, 0.6) is 0 Å². The van der Waals surface area contributed by atoms with Crippen molar-refractivity contribution in [3.63, 3.8) is 0 Å². The minimum atomic E-state index is 0.114. The molecule has 0 aromatic heterocycles. The number of nitrogens with two attached hydrogens (primary N) is 1. The summed E-state index contributed by atoms with van der Waals surface area (Å²) in [6.45, 7) is 0.